The second kappa shape index (κ2) is 6.81. The van der Waals surface area contributed by atoms with Crippen LogP contribution in [0.2, 0.25) is 0 Å². The zero-order chi connectivity index (χ0) is 15.2. The first-order chi connectivity index (χ1) is 10.1. The summed E-state index contributed by atoms with van der Waals surface area (Å²) in [6.07, 6.45) is 1.11. The molecule has 5 heteroatoms. The molecule has 0 saturated carbocycles. The van der Waals surface area contributed by atoms with Crippen LogP contribution in [-0.4, -0.2) is 10.2 Å². The van der Waals surface area contributed by atoms with Crippen molar-refractivity contribution in [2.24, 2.45) is 0 Å². The molecular formula is C16H12ClNO3. The van der Waals surface area contributed by atoms with Crippen LogP contribution in [0.5, 0.6) is 0 Å². The zero-order valence-corrected chi connectivity index (χ0v) is 11.7. The normalized spacial score (nSPS) is 12.7. The second-order valence-electron chi connectivity index (χ2n) is 4.37. The predicted molar refractivity (Wildman–Crippen MR) is 81.5 cm³/mol. The summed E-state index contributed by atoms with van der Waals surface area (Å²) in [5, 5.41) is 10.8. The number of hydrogen-bond donors (Lipinski definition) is 0. The Balaban J connectivity index is 2.58. The van der Waals surface area contributed by atoms with Gasteiger partial charge in [0.15, 0.2) is 0 Å². The molecular weight excluding hydrogens is 290 g/mol. The third-order valence-electron chi connectivity index (χ3n) is 3.00. The summed E-state index contributed by atoms with van der Waals surface area (Å²) in [6.45, 7) is 0. The highest BCUT2D eigenvalue weighted by Gasteiger charge is 2.29. The maximum Gasteiger partial charge on any atom is 0.263 e. The molecule has 21 heavy (non-hydrogen) atoms. The van der Waals surface area contributed by atoms with E-state index in [0.29, 0.717) is 11.1 Å². The van der Waals surface area contributed by atoms with Crippen LogP contribution in [0.3, 0.4) is 0 Å². The first-order valence-corrected chi connectivity index (χ1v) is 6.62. The molecule has 2 rings (SSSR count). The van der Waals surface area contributed by atoms with E-state index in [2.05, 4.69) is 0 Å². The molecule has 0 heterocycles. The highest BCUT2D eigenvalue weighted by atomic mass is 35.5. The van der Waals surface area contributed by atoms with Crippen molar-refractivity contribution < 1.29 is 9.72 Å². The molecule has 0 amide bonds. The lowest BCUT2D eigenvalue weighted by Crippen LogP contribution is -2.13. The summed E-state index contributed by atoms with van der Waals surface area (Å²) in [5.74, 6) is 0. The van der Waals surface area contributed by atoms with Gasteiger partial charge < -0.3 is 0 Å². The molecule has 0 bridgehead atoms. The molecule has 0 saturated heterocycles. The van der Waals surface area contributed by atoms with E-state index < -0.39 is 16.2 Å². The minimum Gasteiger partial charge on any atom is -0.276 e. The SMILES string of the molecule is O=C(Cl)/C=C(/c1ccccc1)[C@H](c1ccccc1)[N+](=O)[O-]. The number of halogens is 1. The van der Waals surface area contributed by atoms with Crippen molar-refractivity contribution in [3.05, 3.63) is 88.0 Å². The van der Waals surface area contributed by atoms with E-state index in [9.17, 15) is 14.9 Å². The van der Waals surface area contributed by atoms with Gasteiger partial charge in [0.2, 0.25) is 5.24 Å². The average Bonchev–Trinajstić information content (AvgIpc) is 2.48. The van der Waals surface area contributed by atoms with E-state index >= 15 is 0 Å². The lowest BCUT2D eigenvalue weighted by atomic mass is 9.93. The minimum atomic E-state index is -1.14. The number of allylic oxidation sites excluding steroid dienone is 1. The van der Waals surface area contributed by atoms with E-state index in [1.807, 2.05) is 0 Å². The lowest BCUT2D eigenvalue weighted by molar-refractivity contribution is -0.511. The van der Waals surface area contributed by atoms with Gasteiger partial charge >= 0.3 is 0 Å². The molecule has 1 atom stereocenters. The Morgan fingerprint density at radius 2 is 1.57 bits per heavy atom. The zero-order valence-electron chi connectivity index (χ0n) is 11.0. The fourth-order valence-electron chi connectivity index (χ4n) is 2.12. The maximum absolute atomic E-state index is 11.5. The quantitative estimate of drug-likeness (QED) is 0.365. The Morgan fingerprint density at radius 3 is 2.05 bits per heavy atom. The summed E-state index contributed by atoms with van der Waals surface area (Å²) >= 11 is 5.42. The van der Waals surface area contributed by atoms with Gasteiger partial charge in [0.1, 0.15) is 0 Å². The van der Waals surface area contributed by atoms with E-state index in [0.717, 1.165) is 6.08 Å². The number of nitrogens with zero attached hydrogens (tertiary/aromatic N) is 1. The standard InChI is InChI=1S/C16H12ClNO3/c17-15(19)11-14(12-7-3-1-4-8-12)16(18(20)21)13-9-5-2-6-10-13/h1-11,16H/b14-11-/t16-/m0/s1. The summed E-state index contributed by atoms with van der Waals surface area (Å²) in [4.78, 5) is 22.3. The summed E-state index contributed by atoms with van der Waals surface area (Å²) in [6, 6.07) is 16.1. The molecule has 2 aromatic rings. The van der Waals surface area contributed by atoms with Gasteiger partial charge in [-0.05, 0) is 17.2 Å². The van der Waals surface area contributed by atoms with E-state index in [-0.39, 0.29) is 5.57 Å². The number of rotatable bonds is 5. The minimum absolute atomic E-state index is 0.270. The fourth-order valence-corrected chi connectivity index (χ4v) is 2.24. The number of hydrogen-bond acceptors (Lipinski definition) is 3. The first-order valence-electron chi connectivity index (χ1n) is 6.24. The van der Waals surface area contributed by atoms with Gasteiger partial charge in [0.25, 0.3) is 6.04 Å². The van der Waals surface area contributed by atoms with Gasteiger partial charge in [-0.2, -0.15) is 0 Å². The number of carbonyl (C=O) groups is 1. The molecule has 0 N–H and O–H groups in total. The molecule has 0 aliphatic heterocycles. The highest BCUT2D eigenvalue weighted by molar-refractivity contribution is 6.67. The van der Waals surface area contributed by atoms with Crippen LogP contribution in [0.25, 0.3) is 5.57 Å². The van der Waals surface area contributed by atoms with Crippen molar-refractivity contribution in [2.45, 2.75) is 6.04 Å². The summed E-state index contributed by atoms with van der Waals surface area (Å²) < 4.78 is 0. The molecule has 0 fully saturated rings. The smallest absolute Gasteiger partial charge is 0.263 e. The lowest BCUT2D eigenvalue weighted by Gasteiger charge is -2.14. The number of nitro groups is 1. The highest BCUT2D eigenvalue weighted by Crippen LogP contribution is 2.32. The molecule has 2 aromatic carbocycles. The van der Waals surface area contributed by atoms with E-state index in [1.165, 1.54) is 0 Å². The van der Waals surface area contributed by atoms with Gasteiger partial charge in [0.05, 0.1) is 0 Å². The van der Waals surface area contributed by atoms with Crippen molar-refractivity contribution in [2.75, 3.05) is 0 Å². The van der Waals surface area contributed by atoms with Crippen molar-refractivity contribution in [1.82, 2.24) is 0 Å². The third-order valence-corrected chi connectivity index (χ3v) is 3.11. The van der Waals surface area contributed by atoms with Gasteiger partial charge in [-0.25, -0.2) is 0 Å². The van der Waals surface area contributed by atoms with Crippen LogP contribution in [-0.2, 0) is 4.79 Å². The van der Waals surface area contributed by atoms with Crippen LogP contribution >= 0.6 is 11.6 Å². The molecule has 106 valence electrons. The van der Waals surface area contributed by atoms with Crippen molar-refractivity contribution in [1.29, 1.82) is 0 Å². The van der Waals surface area contributed by atoms with Crippen LogP contribution in [0.4, 0.5) is 0 Å². The van der Waals surface area contributed by atoms with Gasteiger partial charge in [-0.1, -0.05) is 60.7 Å². The Morgan fingerprint density at radius 1 is 1.05 bits per heavy atom. The molecule has 0 spiro atoms. The molecule has 0 aliphatic carbocycles. The third kappa shape index (κ3) is 3.77. The second-order valence-corrected chi connectivity index (χ2v) is 4.74. The van der Waals surface area contributed by atoms with Crippen LogP contribution in [0.1, 0.15) is 17.2 Å². The Labute approximate surface area is 126 Å². The molecule has 0 aliphatic rings. The Kier molecular flexibility index (Phi) is 4.85. The molecule has 4 nitrogen and oxygen atoms in total. The molecule has 0 radical (unpaired) electrons. The van der Waals surface area contributed by atoms with Crippen molar-refractivity contribution in [3.8, 4) is 0 Å². The van der Waals surface area contributed by atoms with E-state index in [4.69, 9.17) is 11.6 Å². The topological polar surface area (TPSA) is 60.2 Å². The largest absolute Gasteiger partial charge is 0.276 e. The fraction of sp³-hybridized carbons (Fsp3) is 0.0625. The number of carbonyl (C=O) groups excluding carboxylic acids is 1. The van der Waals surface area contributed by atoms with Gasteiger partial charge in [-0.3, -0.25) is 14.9 Å². The number of benzene rings is 2. The first kappa shape index (κ1) is 14.9. The monoisotopic (exact) mass is 301 g/mol. The maximum atomic E-state index is 11.5. The van der Waals surface area contributed by atoms with Crippen molar-refractivity contribution >= 4 is 22.4 Å². The van der Waals surface area contributed by atoms with Crippen LogP contribution in [0.15, 0.2) is 66.7 Å². The van der Waals surface area contributed by atoms with Crippen LogP contribution < -0.4 is 0 Å². The molecule has 0 unspecified atom stereocenters. The van der Waals surface area contributed by atoms with Crippen molar-refractivity contribution in [3.63, 3.8) is 0 Å². The van der Waals surface area contributed by atoms with Crippen LogP contribution in [0, 0.1) is 10.1 Å². The summed E-state index contributed by atoms with van der Waals surface area (Å²) in [5.41, 5.74) is 1.36. The summed E-state index contributed by atoms with van der Waals surface area (Å²) in [7, 11) is 0. The average molecular weight is 302 g/mol. The Hall–Kier alpha value is -2.46. The predicted octanol–water partition coefficient (Wildman–Crippen LogP) is 3.85. The molecule has 0 aromatic heterocycles. The van der Waals surface area contributed by atoms with E-state index in [1.54, 1.807) is 60.7 Å². The van der Waals surface area contributed by atoms with Gasteiger partial charge in [0, 0.05) is 22.1 Å². The van der Waals surface area contributed by atoms with Gasteiger partial charge in [-0.15, -0.1) is 0 Å². The Bertz CT molecular complexity index is 668.